The largest absolute Gasteiger partial charge is 0.327 e. The molecular formula is C15H21F2N. The molecule has 3 heteroatoms. The molecule has 100 valence electrons. The number of halogens is 2. The zero-order valence-corrected chi connectivity index (χ0v) is 10.8. The van der Waals surface area contributed by atoms with E-state index in [-0.39, 0.29) is 24.8 Å². The second-order valence-corrected chi connectivity index (χ2v) is 5.55. The normalized spacial score (nSPS) is 21.8. The summed E-state index contributed by atoms with van der Waals surface area (Å²) >= 11 is 0. The number of alkyl halides is 2. The Balaban J connectivity index is 1.89. The van der Waals surface area contributed by atoms with Crippen molar-refractivity contribution in [2.45, 2.75) is 51.0 Å². The predicted octanol–water partition coefficient (Wildman–Crippen LogP) is 3.69. The molecule has 2 rings (SSSR count). The van der Waals surface area contributed by atoms with Gasteiger partial charge < -0.3 is 5.73 Å². The quantitative estimate of drug-likeness (QED) is 0.873. The minimum absolute atomic E-state index is 0.000730. The second-order valence-electron chi connectivity index (χ2n) is 5.55. The van der Waals surface area contributed by atoms with Crippen molar-refractivity contribution in [3.63, 3.8) is 0 Å². The van der Waals surface area contributed by atoms with Crippen LogP contribution >= 0.6 is 0 Å². The molecule has 1 aromatic rings. The van der Waals surface area contributed by atoms with Crippen molar-refractivity contribution < 1.29 is 8.78 Å². The molecule has 1 atom stereocenters. The molecule has 0 saturated heterocycles. The van der Waals surface area contributed by atoms with Gasteiger partial charge in [0, 0.05) is 18.9 Å². The van der Waals surface area contributed by atoms with Gasteiger partial charge in [-0.15, -0.1) is 0 Å². The number of hydrogen-bond acceptors (Lipinski definition) is 1. The molecule has 1 nitrogen and oxygen atoms in total. The summed E-state index contributed by atoms with van der Waals surface area (Å²) in [6.07, 6.45) is 1.90. The first-order valence-electron chi connectivity index (χ1n) is 6.65. The first-order chi connectivity index (χ1) is 8.46. The first kappa shape index (κ1) is 13.5. The summed E-state index contributed by atoms with van der Waals surface area (Å²) < 4.78 is 26.1. The highest BCUT2D eigenvalue weighted by Crippen LogP contribution is 2.37. The summed E-state index contributed by atoms with van der Waals surface area (Å²) in [5.41, 5.74) is 8.59. The van der Waals surface area contributed by atoms with Crippen LogP contribution in [0.5, 0.6) is 0 Å². The molecule has 1 aliphatic carbocycles. The molecule has 1 unspecified atom stereocenters. The van der Waals surface area contributed by atoms with Crippen LogP contribution in [0.3, 0.4) is 0 Å². The minimum atomic E-state index is -2.46. The van der Waals surface area contributed by atoms with E-state index in [0.717, 1.165) is 6.42 Å². The summed E-state index contributed by atoms with van der Waals surface area (Å²) in [4.78, 5) is 0. The zero-order chi connectivity index (χ0) is 13.2. The highest BCUT2D eigenvalue weighted by Gasteiger charge is 2.36. The lowest BCUT2D eigenvalue weighted by atomic mass is 9.80. The maximum atomic E-state index is 13.1. The number of nitrogens with two attached hydrogens (primary N) is 1. The number of benzene rings is 1. The van der Waals surface area contributed by atoms with Crippen LogP contribution in [0.15, 0.2) is 24.3 Å². The molecule has 18 heavy (non-hydrogen) atoms. The standard InChI is InChI=1S/C15H21F2N/c1-11-2-4-12(5-3-11)10-14(18)13-6-8-15(16,17)9-7-13/h2-5,13-14H,6-10,18H2,1H3. The van der Waals surface area contributed by atoms with Gasteiger partial charge in [0.15, 0.2) is 0 Å². The average molecular weight is 253 g/mol. The first-order valence-corrected chi connectivity index (χ1v) is 6.65. The third kappa shape index (κ3) is 3.52. The Morgan fingerprint density at radius 3 is 2.33 bits per heavy atom. The number of hydrogen-bond donors (Lipinski definition) is 1. The molecule has 0 aliphatic heterocycles. The van der Waals surface area contributed by atoms with Crippen molar-refractivity contribution in [3.8, 4) is 0 Å². The minimum Gasteiger partial charge on any atom is -0.327 e. The molecule has 0 radical (unpaired) electrons. The summed E-state index contributed by atoms with van der Waals surface area (Å²) in [6, 6.07) is 8.29. The highest BCUT2D eigenvalue weighted by molar-refractivity contribution is 5.22. The summed E-state index contributed by atoms with van der Waals surface area (Å²) in [6.45, 7) is 2.05. The van der Waals surface area contributed by atoms with E-state index < -0.39 is 5.92 Å². The molecule has 0 spiro atoms. The van der Waals surface area contributed by atoms with E-state index in [1.54, 1.807) is 0 Å². The van der Waals surface area contributed by atoms with Crippen molar-refractivity contribution in [1.29, 1.82) is 0 Å². The molecular weight excluding hydrogens is 232 g/mol. The highest BCUT2D eigenvalue weighted by atomic mass is 19.3. The van der Waals surface area contributed by atoms with E-state index in [1.165, 1.54) is 11.1 Å². The van der Waals surface area contributed by atoms with E-state index in [0.29, 0.717) is 12.8 Å². The Labute approximate surface area is 107 Å². The van der Waals surface area contributed by atoms with Gasteiger partial charge >= 0.3 is 0 Å². The van der Waals surface area contributed by atoms with Gasteiger partial charge in [0.05, 0.1) is 0 Å². The lowest BCUT2D eigenvalue weighted by Crippen LogP contribution is -2.37. The Morgan fingerprint density at radius 1 is 1.22 bits per heavy atom. The Bertz CT molecular complexity index is 376. The van der Waals surface area contributed by atoms with Crippen LogP contribution in [0.4, 0.5) is 8.78 Å². The molecule has 0 heterocycles. The topological polar surface area (TPSA) is 26.0 Å². The van der Waals surface area contributed by atoms with Gasteiger partial charge in [-0.25, -0.2) is 8.78 Å². The molecule has 1 saturated carbocycles. The van der Waals surface area contributed by atoms with E-state index in [2.05, 4.69) is 24.3 Å². The van der Waals surface area contributed by atoms with E-state index >= 15 is 0 Å². The fraction of sp³-hybridized carbons (Fsp3) is 0.600. The molecule has 1 fully saturated rings. The van der Waals surface area contributed by atoms with E-state index in [4.69, 9.17) is 5.73 Å². The molecule has 0 amide bonds. The maximum absolute atomic E-state index is 13.1. The fourth-order valence-electron chi connectivity index (χ4n) is 2.65. The zero-order valence-electron chi connectivity index (χ0n) is 10.8. The van der Waals surface area contributed by atoms with E-state index in [1.807, 2.05) is 6.92 Å². The Hall–Kier alpha value is -0.960. The van der Waals surface area contributed by atoms with Crippen molar-refractivity contribution in [3.05, 3.63) is 35.4 Å². The van der Waals surface area contributed by atoms with Crippen molar-refractivity contribution in [1.82, 2.24) is 0 Å². The van der Waals surface area contributed by atoms with Gasteiger partial charge in [0.2, 0.25) is 5.92 Å². The second kappa shape index (κ2) is 5.35. The van der Waals surface area contributed by atoms with Crippen LogP contribution in [-0.4, -0.2) is 12.0 Å². The maximum Gasteiger partial charge on any atom is 0.248 e. The van der Waals surface area contributed by atoms with Gasteiger partial charge in [0.1, 0.15) is 0 Å². The van der Waals surface area contributed by atoms with Gasteiger partial charge in [-0.1, -0.05) is 29.8 Å². The predicted molar refractivity (Wildman–Crippen MR) is 69.8 cm³/mol. The van der Waals surface area contributed by atoms with Gasteiger partial charge in [-0.3, -0.25) is 0 Å². The SMILES string of the molecule is Cc1ccc(CC(N)C2CCC(F)(F)CC2)cc1. The van der Waals surface area contributed by atoms with E-state index in [9.17, 15) is 8.78 Å². The van der Waals surface area contributed by atoms with Crippen LogP contribution < -0.4 is 5.73 Å². The van der Waals surface area contributed by atoms with Crippen LogP contribution in [0, 0.1) is 12.8 Å². The fourth-order valence-corrected chi connectivity index (χ4v) is 2.65. The molecule has 0 bridgehead atoms. The van der Waals surface area contributed by atoms with Crippen molar-refractivity contribution >= 4 is 0 Å². The van der Waals surface area contributed by atoms with Crippen molar-refractivity contribution in [2.75, 3.05) is 0 Å². The van der Waals surface area contributed by atoms with Crippen LogP contribution in [0.1, 0.15) is 36.8 Å². The van der Waals surface area contributed by atoms with Gasteiger partial charge in [-0.05, 0) is 37.7 Å². The lowest BCUT2D eigenvalue weighted by Gasteiger charge is -2.32. The Morgan fingerprint density at radius 2 is 1.78 bits per heavy atom. The number of aryl methyl sites for hydroxylation is 1. The van der Waals surface area contributed by atoms with Crippen LogP contribution in [-0.2, 0) is 6.42 Å². The smallest absolute Gasteiger partial charge is 0.248 e. The lowest BCUT2D eigenvalue weighted by molar-refractivity contribution is -0.0481. The van der Waals surface area contributed by atoms with Crippen LogP contribution in [0.25, 0.3) is 0 Å². The summed E-state index contributed by atoms with van der Waals surface area (Å²) in [5, 5.41) is 0. The van der Waals surface area contributed by atoms with Crippen molar-refractivity contribution in [2.24, 2.45) is 11.7 Å². The molecule has 0 aromatic heterocycles. The average Bonchev–Trinajstić information content (AvgIpc) is 2.32. The molecule has 2 N–H and O–H groups in total. The molecule has 1 aromatic carbocycles. The number of rotatable bonds is 3. The Kier molecular flexibility index (Phi) is 4.00. The van der Waals surface area contributed by atoms with Gasteiger partial charge in [-0.2, -0.15) is 0 Å². The molecule has 1 aliphatic rings. The third-order valence-corrected chi connectivity index (χ3v) is 3.96. The summed E-state index contributed by atoms with van der Waals surface area (Å²) in [5.74, 6) is -2.22. The van der Waals surface area contributed by atoms with Crippen LogP contribution in [0.2, 0.25) is 0 Å². The van der Waals surface area contributed by atoms with Gasteiger partial charge in [0.25, 0.3) is 0 Å². The summed E-state index contributed by atoms with van der Waals surface area (Å²) in [7, 11) is 0. The monoisotopic (exact) mass is 253 g/mol. The third-order valence-electron chi connectivity index (χ3n) is 3.96.